The minimum atomic E-state index is 0.547. The molecule has 2 rings (SSSR count). The first-order valence-electron chi connectivity index (χ1n) is 3.99. The lowest BCUT2D eigenvalue weighted by molar-refractivity contribution is 0.973. The molecule has 0 fully saturated rings. The molecule has 0 aliphatic carbocycles. The zero-order valence-electron chi connectivity index (χ0n) is 7.52. The number of rotatable bonds is 3. The maximum atomic E-state index is 5.49. The van der Waals surface area contributed by atoms with Crippen LogP contribution in [0, 0.1) is 6.92 Å². The van der Waals surface area contributed by atoms with Gasteiger partial charge < -0.3 is 11.1 Å². The SMILES string of the molecule is Cc1nnc(CNc2cc(N)ns2)s1. The van der Waals surface area contributed by atoms with Crippen LogP contribution in [0.1, 0.15) is 10.0 Å². The third-order valence-electron chi connectivity index (χ3n) is 1.51. The Labute approximate surface area is 89.2 Å². The van der Waals surface area contributed by atoms with Gasteiger partial charge in [0, 0.05) is 6.07 Å². The molecular weight excluding hydrogens is 218 g/mol. The lowest BCUT2D eigenvalue weighted by Gasteiger charge is -1.96. The van der Waals surface area contributed by atoms with E-state index < -0.39 is 0 Å². The van der Waals surface area contributed by atoms with Gasteiger partial charge in [-0.25, -0.2) is 0 Å². The Hall–Kier alpha value is -1.21. The highest BCUT2D eigenvalue weighted by molar-refractivity contribution is 7.11. The minimum absolute atomic E-state index is 0.547. The lowest BCUT2D eigenvalue weighted by Crippen LogP contribution is -1.96. The molecule has 2 heterocycles. The number of hydrogen-bond acceptors (Lipinski definition) is 7. The Bertz CT molecular complexity index is 381. The molecule has 0 aromatic carbocycles. The molecule has 0 spiro atoms. The first kappa shape index (κ1) is 9.35. The summed E-state index contributed by atoms with van der Waals surface area (Å²) in [6, 6.07) is 1.80. The molecule has 5 nitrogen and oxygen atoms in total. The Morgan fingerprint density at radius 3 is 2.93 bits per heavy atom. The molecule has 0 aliphatic heterocycles. The van der Waals surface area contributed by atoms with Gasteiger partial charge in [-0.05, 0) is 18.5 Å². The average Bonchev–Trinajstić information content (AvgIpc) is 2.72. The second-order valence-corrected chi connectivity index (χ2v) is 4.76. The van der Waals surface area contributed by atoms with Crippen LogP contribution in [0.3, 0.4) is 0 Å². The number of nitrogens with one attached hydrogen (secondary N) is 1. The first-order chi connectivity index (χ1) is 6.74. The number of hydrogen-bond donors (Lipinski definition) is 2. The molecule has 0 unspecified atom stereocenters. The number of nitrogen functional groups attached to an aromatic ring is 1. The maximum Gasteiger partial charge on any atom is 0.139 e. The minimum Gasteiger partial charge on any atom is -0.383 e. The predicted molar refractivity (Wildman–Crippen MR) is 58.5 cm³/mol. The van der Waals surface area contributed by atoms with E-state index in [2.05, 4.69) is 19.9 Å². The number of aryl methyl sites for hydroxylation is 1. The first-order valence-corrected chi connectivity index (χ1v) is 5.58. The summed E-state index contributed by atoms with van der Waals surface area (Å²) in [6.07, 6.45) is 0. The molecule has 0 radical (unpaired) electrons. The van der Waals surface area contributed by atoms with Crippen molar-refractivity contribution < 1.29 is 0 Å². The molecule has 3 N–H and O–H groups in total. The molecule has 0 aliphatic rings. The Kier molecular flexibility index (Phi) is 2.60. The summed E-state index contributed by atoms with van der Waals surface area (Å²) < 4.78 is 3.96. The van der Waals surface area contributed by atoms with E-state index in [1.54, 1.807) is 17.4 Å². The van der Waals surface area contributed by atoms with Gasteiger partial charge in [0.15, 0.2) is 0 Å². The maximum absolute atomic E-state index is 5.49. The Morgan fingerprint density at radius 2 is 2.36 bits per heavy atom. The summed E-state index contributed by atoms with van der Waals surface area (Å²) in [5.74, 6) is 0.547. The summed E-state index contributed by atoms with van der Waals surface area (Å²) in [5.41, 5.74) is 5.49. The molecule has 7 heteroatoms. The summed E-state index contributed by atoms with van der Waals surface area (Å²) >= 11 is 2.93. The smallest absolute Gasteiger partial charge is 0.139 e. The largest absolute Gasteiger partial charge is 0.383 e. The van der Waals surface area contributed by atoms with Gasteiger partial charge in [-0.2, -0.15) is 4.37 Å². The highest BCUT2D eigenvalue weighted by Crippen LogP contribution is 2.18. The van der Waals surface area contributed by atoms with Gasteiger partial charge in [0.25, 0.3) is 0 Å². The summed E-state index contributed by atoms with van der Waals surface area (Å²) in [6.45, 7) is 2.61. The number of aromatic nitrogens is 3. The average molecular weight is 227 g/mol. The number of anilines is 2. The van der Waals surface area contributed by atoms with Crippen molar-refractivity contribution in [1.82, 2.24) is 14.6 Å². The topological polar surface area (TPSA) is 76.7 Å². The van der Waals surface area contributed by atoms with Crippen molar-refractivity contribution in [3.8, 4) is 0 Å². The van der Waals surface area contributed by atoms with E-state index in [1.165, 1.54) is 11.5 Å². The molecule has 2 aromatic rings. The Morgan fingerprint density at radius 1 is 1.50 bits per heavy atom. The fraction of sp³-hybridized carbons (Fsp3) is 0.286. The molecule has 2 aromatic heterocycles. The molecule has 0 bridgehead atoms. The monoisotopic (exact) mass is 227 g/mol. The van der Waals surface area contributed by atoms with E-state index in [4.69, 9.17) is 5.73 Å². The van der Waals surface area contributed by atoms with Crippen molar-refractivity contribution >= 4 is 33.7 Å². The molecule has 0 atom stereocenters. The van der Waals surface area contributed by atoms with Crippen LogP contribution in [0.25, 0.3) is 0 Å². The van der Waals surface area contributed by atoms with Crippen LogP contribution in [0.5, 0.6) is 0 Å². The summed E-state index contributed by atoms with van der Waals surface area (Å²) in [7, 11) is 0. The Balaban J connectivity index is 1.94. The van der Waals surface area contributed by atoms with Crippen molar-refractivity contribution in [2.75, 3.05) is 11.1 Å². The van der Waals surface area contributed by atoms with E-state index in [-0.39, 0.29) is 0 Å². The highest BCUT2D eigenvalue weighted by Gasteiger charge is 2.01. The highest BCUT2D eigenvalue weighted by atomic mass is 32.1. The standard InChI is InChI=1S/C7H9N5S2/c1-4-10-11-7(13-4)3-9-6-2-5(8)12-14-6/h2,9H,3H2,1H3,(H2,8,12). The van der Waals surface area contributed by atoms with Crippen molar-refractivity contribution in [3.63, 3.8) is 0 Å². The summed E-state index contributed by atoms with van der Waals surface area (Å²) in [4.78, 5) is 0. The predicted octanol–water partition coefficient (Wildman–Crippen LogP) is 1.50. The zero-order chi connectivity index (χ0) is 9.97. The van der Waals surface area contributed by atoms with E-state index in [1.807, 2.05) is 6.92 Å². The lowest BCUT2D eigenvalue weighted by atomic mass is 10.6. The fourth-order valence-electron chi connectivity index (χ4n) is 0.944. The number of nitrogens with two attached hydrogens (primary N) is 1. The molecule has 14 heavy (non-hydrogen) atoms. The van der Waals surface area contributed by atoms with Gasteiger partial charge in [0.1, 0.15) is 20.8 Å². The third kappa shape index (κ3) is 2.18. The van der Waals surface area contributed by atoms with Gasteiger partial charge in [0.2, 0.25) is 0 Å². The van der Waals surface area contributed by atoms with E-state index in [0.717, 1.165) is 15.0 Å². The van der Waals surface area contributed by atoms with Crippen LogP contribution >= 0.6 is 22.9 Å². The van der Waals surface area contributed by atoms with E-state index >= 15 is 0 Å². The van der Waals surface area contributed by atoms with Gasteiger partial charge >= 0.3 is 0 Å². The molecular formula is C7H9N5S2. The normalized spacial score (nSPS) is 10.4. The quantitative estimate of drug-likeness (QED) is 0.831. The van der Waals surface area contributed by atoms with Gasteiger partial charge in [-0.1, -0.05) is 11.3 Å². The van der Waals surface area contributed by atoms with Crippen LogP contribution < -0.4 is 11.1 Å². The number of nitrogens with zero attached hydrogens (tertiary/aromatic N) is 3. The summed E-state index contributed by atoms with van der Waals surface area (Å²) in [5, 5.41) is 14.0. The van der Waals surface area contributed by atoms with Gasteiger partial charge in [0.05, 0.1) is 6.54 Å². The fourth-order valence-corrected chi connectivity index (χ4v) is 2.16. The van der Waals surface area contributed by atoms with Gasteiger partial charge in [-0.15, -0.1) is 10.2 Å². The van der Waals surface area contributed by atoms with Crippen LogP contribution in [0.15, 0.2) is 6.07 Å². The van der Waals surface area contributed by atoms with Crippen LogP contribution in [0.2, 0.25) is 0 Å². The second-order valence-electron chi connectivity index (χ2n) is 2.68. The van der Waals surface area contributed by atoms with Crippen LogP contribution in [-0.2, 0) is 6.54 Å². The second kappa shape index (κ2) is 3.89. The van der Waals surface area contributed by atoms with Crippen molar-refractivity contribution in [2.24, 2.45) is 0 Å². The molecule has 74 valence electrons. The van der Waals surface area contributed by atoms with Crippen LogP contribution in [-0.4, -0.2) is 14.6 Å². The van der Waals surface area contributed by atoms with Crippen molar-refractivity contribution in [2.45, 2.75) is 13.5 Å². The van der Waals surface area contributed by atoms with E-state index in [9.17, 15) is 0 Å². The van der Waals surface area contributed by atoms with Crippen molar-refractivity contribution in [1.29, 1.82) is 0 Å². The molecule has 0 amide bonds. The third-order valence-corrected chi connectivity index (χ3v) is 3.11. The van der Waals surface area contributed by atoms with Gasteiger partial charge in [-0.3, -0.25) is 0 Å². The molecule has 0 saturated carbocycles. The van der Waals surface area contributed by atoms with E-state index in [0.29, 0.717) is 12.4 Å². The van der Waals surface area contributed by atoms with Crippen LogP contribution in [0.4, 0.5) is 10.8 Å². The molecule has 0 saturated heterocycles. The van der Waals surface area contributed by atoms with Crippen molar-refractivity contribution in [3.05, 3.63) is 16.1 Å². The zero-order valence-corrected chi connectivity index (χ0v) is 9.15.